The van der Waals surface area contributed by atoms with Crippen LogP contribution in [0.3, 0.4) is 0 Å². The number of ether oxygens (including phenoxy) is 1. The van der Waals surface area contributed by atoms with Gasteiger partial charge >= 0.3 is 0 Å². The van der Waals surface area contributed by atoms with Crippen LogP contribution in [0.15, 0.2) is 96.1 Å². The van der Waals surface area contributed by atoms with Crippen molar-refractivity contribution in [1.29, 1.82) is 0 Å². The normalized spacial score (nSPS) is 10.9. The minimum absolute atomic E-state index is 0.121. The standard InChI is InChI=1S/C26H22ClN3O2/c27-22-13-11-19(12-14-22)18-32-23-8-3-5-20(15-23)16-29-30-26(31)17-28-25-10-4-7-21-6-1-2-9-24(21)25/h1-16,28H,17-18H2,(H,30,31)/b29-16-. The highest BCUT2D eigenvalue weighted by Crippen LogP contribution is 2.22. The Bertz CT molecular complexity index is 1230. The molecule has 0 radical (unpaired) electrons. The van der Waals surface area contributed by atoms with E-state index in [0.29, 0.717) is 17.4 Å². The number of amides is 1. The lowest BCUT2D eigenvalue weighted by molar-refractivity contribution is -0.119. The maximum absolute atomic E-state index is 12.2. The molecule has 4 aromatic carbocycles. The smallest absolute Gasteiger partial charge is 0.259 e. The van der Waals surface area contributed by atoms with Gasteiger partial charge in [0, 0.05) is 16.1 Å². The molecule has 6 heteroatoms. The van der Waals surface area contributed by atoms with Crippen LogP contribution in [0.4, 0.5) is 5.69 Å². The predicted molar refractivity (Wildman–Crippen MR) is 130 cm³/mol. The first-order valence-electron chi connectivity index (χ1n) is 10.2. The number of nitrogens with zero attached hydrogens (tertiary/aromatic N) is 1. The van der Waals surface area contributed by atoms with Crippen LogP contribution in [0.5, 0.6) is 5.75 Å². The molecule has 5 nitrogen and oxygen atoms in total. The number of nitrogens with one attached hydrogen (secondary N) is 2. The van der Waals surface area contributed by atoms with Crippen LogP contribution in [0.1, 0.15) is 11.1 Å². The first-order valence-corrected chi connectivity index (χ1v) is 10.6. The summed E-state index contributed by atoms with van der Waals surface area (Å²) in [5.74, 6) is 0.483. The van der Waals surface area contributed by atoms with Gasteiger partial charge in [0.2, 0.25) is 0 Å². The molecule has 0 aromatic heterocycles. The van der Waals surface area contributed by atoms with Crippen molar-refractivity contribution in [2.24, 2.45) is 5.10 Å². The van der Waals surface area contributed by atoms with E-state index in [1.807, 2.05) is 91.0 Å². The zero-order chi connectivity index (χ0) is 22.2. The molecule has 1 amide bonds. The molecule has 4 aromatic rings. The molecular weight excluding hydrogens is 422 g/mol. The van der Waals surface area contributed by atoms with Gasteiger partial charge < -0.3 is 10.1 Å². The minimum Gasteiger partial charge on any atom is -0.489 e. The van der Waals surface area contributed by atoms with E-state index in [1.54, 1.807) is 6.21 Å². The molecule has 160 valence electrons. The van der Waals surface area contributed by atoms with E-state index < -0.39 is 0 Å². The van der Waals surface area contributed by atoms with Gasteiger partial charge in [0.1, 0.15) is 12.4 Å². The monoisotopic (exact) mass is 443 g/mol. The SMILES string of the molecule is O=C(CNc1cccc2ccccc12)N/N=C\c1cccc(OCc2ccc(Cl)cc2)c1. The van der Waals surface area contributed by atoms with Gasteiger partial charge in [0.15, 0.2) is 0 Å². The summed E-state index contributed by atoms with van der Waals surface area (Å²) in [5, 5.41) is 10.1. The summed E-state index contributed by atoms with van der Waals surface area (Å²) in [6, 6.07) is 29.0. The molecule has 32 heavy (non-hydrogen) atoms. The van der Waals surface area contributed by atoms with Gasteiger partial charge in [0.05, 0.1) is 12.8 Å². The van der Waals surface area contributed by atoms with Crippen LogP contribution in [0.2, 0.25) is 5.02 Å². The number of fused-ring (bicyclic) bond motifs is 1. The molecule has 0 aliphatic heterocycles. The molecule has 2 N–H and O–H groups in total. The number of hydrogen-bond acceptors (Lipinski definition) is 4. The number of hydrogen-bond donors (Lipinski definition) is 2. The maximum atomic E-state index is 12.2. The van der Waals surface area contributed by atoms with Gasteiger partial charge in [-0.2, -0.15) is 5.10 Å². The number of anilines is 1. The Morgan fingerprint density at radius 1 is 0.938 bits per heavy atom. The Morgan fingerprint density at radius 2 is 1.72 bits per heavy atom. The van der Waals surface area contributed by atoms with Gasteiger partial charge in [-0.1, -0.05) is 72.3 Å². The molecular formula is C26H22ClN3O2. The van der Waals surface area contributed by atoms with Gasteiger partial charge in [-0.25, -0.2) is 5.43 Å². The average molecular weight is 444 g/mol. The third-order valence-electron chi connectivity index (χ3n) is 4.81. The lowest BCUT2D eigenvalue weighted by Gasteiger charge is -2.09. The Kier molecular flexibility index (Phi) is 7.00. The highest BCUT2D eigenvalue weighted by atomic mass is 35.5. The summed E-state index contributed by atoms with van der Waals surface area (Å²) >= 11 is 5.91. The number of rotatable bonds is 8. The molecule has 0 heterocycles. The molecule has 0 saturated carbocycles. The number of carbonyl (C=O) groups is 1. The first-order chi connectivity index (χ1) is 15.7. The Morgan fingerprint density at radius 3 is 2.59 bits per heavy atom. The van der Waals surface area contributed by atoms with Crippen molar-refractivity contribution in [3.63, 3.8) is 0 Å². The van der Waals surface area contributed by atoms with E-state index in [-0.39, 0.29) is 12.5 Å². The fourth-order valence-corrected chi connectivity index (χ4v) is 3.33. The molecule has 0 spiro atoms. The van der Waals surface area contributed by atoms with Crippen molar-refractivity contribution >= 4 is 40.2 Å². The molecule has 0 atom stereocenters. The summed E-state index contributed by atoms with van der Waals surface area (Å²) < 4.78 is 5.82. The lowest BCUT2D eigenvalue weighted by atomic mass is 10.1. The number of halogens is 1. The number of hydrazone groups is 1. The summed E-state index contributed by atoms with van der Waals surface area (Å²) in [5.41, 5.74) is 5.30. The number of benzene rings is 4. The van der Waals surface area contributed by atoms with Crippen LogP contribution in [0.25, 0.3) is 10.8 Å². The summed E-state index contributed by atoms with van der Waals surface area (Å²) in [4.78, 5) is 12.2. The molecule has 0 fully saturated rings. The average Bonchev–Trinajstić information content (AvgIpc) is 2.83. The fourth-order valence-electron chi connectivity index (χ4n) is 3.21. The third kappa shape index (κ3) is 5.86. The van der Waals surface area contributed by atoms with Crippen molar-refractivity contribution in [3.05, 3.63) is 107 Å². The second-order valence-electron chi connectivity index (χ2n) is 7.16. The molecule has 4 rings (SSSR count). The van der Waals surface area contributed by atoms with Crippen molar-refractivity contribution in [2.45, 2.75) is 6.61 Å². The molecule has 0 aliphatic carbocycles. The Hall–Kier alpha value is -3.83. The van der Waals surface area contributed by atoms with E-state index in [9.17, 15) is 4.79 Å². The highest BCUT2D eigenvalue weighted by molar-refractivity contribution is 6.30. The van der Waals surface area contributed by atoms with Gasteiger partial charge in [-0.3, -0.25) is 4.79 Å². The zero-order valence-corrected chi connectivity index (χ0v) is 18.0. The van der Waals surface area contributed by atoms with Gasteiger partial charge in [0.25, 0.3) is 5.91 Å². The Labute approximate surface area is 191 Å². The maximum Gasteiger partial charge on any atom is 0.259 e. The van der Waals surface area contributed by atoms with Crippen LogP contribution in [-0.2, 0) is 11.4 Å². The van der Waals surface area contributed by atoms with E-state index in [0.717, 1.165) is 27.6 Å². The lowest BCUT2D eigenvalue weighted by Crippen LogP contribution is -2.25. The summed E-state index contributed by atoms with van der Waals surface area (Å²) in [7, 11) is 0. The quantitative estimate of drug-likeness (QED) is 0.274. The van der Waals surface area contributed by atoms with Crippen LogP contribution in [-0.4, -0.2) is 18.7 Å². The van der Waals surface area contributed by atoms with Crippen molar-refractivity contribution in [2.75, 3.05) is 11.9 Å². The second kappa shape index (κ2) is 10.5. The van der Waals surface area contributed by atoms with Crippen LogP contribution < -0.4 is 15.5 Å². The van der Waals surface area contributed by atoms with Crippen molar-refractivity contribution in [1.82, 2.24) is 5.43 Å². The Balaban J connectivity index is 1.28. The molecule has 0 saturated heterocycles. The van der Waals surface area contributed by atoms with E-state index in [4.69, 9.17) is 16.3 Å². The van der Waals surface area contributed by atoms with Gasteiger partial charge in [-0.05, 0) is 46.8 Å². The van der Waals surface area contributed by atoms with E-state index in [1.165, 1.54) is 0 Å². The summed E-state index contributed by atoms with van der Waals surface area (Å²) in [6.45, 7) is 0.559. The molecule has 0 unspecified atom stereocenters. The van der Waals surface area contributed by atoms with Crippen molar-refractivity contribution < 1.29 is 9.53 Å². The van der Waals surface area contributed by atoms with Crippen molar-refractivity contribution in [3.8, 4) is 5.75 Å². The minimum atomic E-state index is -0.232. The number of carbonyl (C=O) groups excluding carboxylic acids is 1. The van der Waals surface area contributed by atoms with Crippen LogP contribution in [0, 0.1) is 0 Å². The largest absolute Gasteiger partial charge is 0.489 e. The predicted octanol–water partition coefficient (Wildman–Crippen LogP) is 5.63. The second-order valence-corrected chi connectivity index (χ2v) is 7.60. The summed E-state index contributed by atoms with van der Waals surface area (Å²) in [6.07, 6.45) is 1.59. The first kappa shape index (κ1) is 21.4. The highest BCUT2D eigenvalue weighted by Gasteiger charge is 2.03. The third-order valence-corrected chi connectivity index (χ3v) is 5.06. The molecule has 0 aliphatic rings. The van der Waals surface area contributed by atoms with Gasteiger partial charge in [-0.15, -0.1) is 0 Å². The fraction of sp³-hybridized carbons (Fsp3) is 0.0769. The van der Waals surface area contributed by atoms with Crippen LogP contribution >= 0.6 is 11.6 Å². The zero-order valence-electron chi connectivity index (χ0n) is 17.3. The molecule has 0 bridgehead atoms. The van der Waals surface area contributed by atoms with E-state index >= 15 is 0 Å². The topological polar surface area (TPSA) is 62.7 Å². The van der Waals surface area contributed by atoms with E-state index in [2.05, 4.69) is 15.8 Å².